The first-order valence-electron chi connectivity index (χ1n) is 8.36. The zero-order valence-corrected chi connectivity index (χ0v) is 14.2. The predicted molar refractivity (Wildman–Crippen MR) is 91.2 cm³/mol. The minimum atomic E-state index is -1.06. The summed E-state index contributed by atoms with van der Waals surface area (Å²) in [6.07, 6.45) is 4.97. The molecule has 3 heterocycles. The molecule has 3 aromatic rings. The first kappa shape index (κ1) is 17.1. The topological polar surface area (TPSA) is 70.8 Å². The van der Waals surface area contributed by atoms with Crippen LogP contribution in [0.2, 0.25) is 0 Å². The maximum Gasteiger partial charge on any atom is 0.274 e. The third kappa shape index (κ3) is 3.23. The molecule has 9 heteroatoms. The van der Waals surface area contributed by atoms with Crippen molar-refractivity contribution in [2.24, 2.45) is 0 Å². The quantitative estimate of drug-likeness (QED) is 0.686. The maximum absolute atomic E-state index is 13.3. The Labute approximate surface area is 152 Å². The van der Waals surface area contributed by atoms with Gasteiger partial charge in [-0.2, -0.15) is 0 Å². The molecule has 4 rings (SSSR count). The average molecular weight is 371 g/mol. The molecule has 1 aliphatic heterocycles. The molecule has 0 unspecified atom stereocenters. The van der Waals surface area contributed by atoms with Crippen LogP contribution in [0, 0.1) is 11.6 Å². The van der Waals surface area contributed by atoms with Crippen LogP contribution >= 0.6 is 0 Å². The van der Waals surface area contributed by atoms with Crippen LogP contribution in [0.4, 0.5) is 8.78 Å². The van der Waals surface area contributed by atoms with Crippen LogP contribution in [-0.4, -0.2) is 62.2 Å². The number of carbonyl (C=O) groups excluding carboxylic acids is 2. The van der Waals surface area contributed by atoms with Crippen LogP contribution in [0.1, 0.15) is 20.8 Å². The third-order valence-corrected chi connectivity index (χ3v) is 4.48. The lowest BCUT2D eigenvalue weighted by Gasteiger charge is -2.34. The molecule has 1 saturated heterocycles. The number of amides is 2. The summed E-state index contributed by atoms with van der Waals surface area (Å²) in [5, 5.41) is 0. The molecule has 0 aliphatic carbocycles. The number of fused-ring (bicyclic) bond motifs is 1. The van der Waals surface area contributed by atoms with Gasteiger partial charge in [-0.1, -0.05) is 0 Å². The van der Waals surface area contributed by atoms with E-state index in [0.717, 1.165) is 12.1 Å². The van der Waals surface area contributed by atoms with Crippen molar-refractivity contribution in [3.8, 4) is 0 Å². The fraction of sp³-hybridized carbons (Fsp3) is 0.222. The molecule has 1 aromatic carbocycles. The van der Waals surface area contributed by atoms with Gasteiger partial charge in [0.1, 0.15) is 5.69 Å². The van der Waals surface area contributed by atoms with Crippen LogP contribution < -0.4 is 0 Å². The fourth-order valence-electron chi connectivity index (χ4n) is 3.02. The van der Waals surface area contributed by atoms with E-state index in [1.807, 2.05) is 0 Å². The van der Waals surface area contributed by atoms with Crippen LogP contribution in [0.5, 0.6) is 0 Å². The van der Waals surface area contributed by atoms with E-state index in [2.05, 4.69) is 9.97 Å². The van der Waals surface area contributed by atoms with Gasteiger partial charge >= 0.3 is 0 Å². The Morgan fingerprint density at radius 1 is 0.963 bits per heavy atom. The number of nitrogens with zero attached hydrogens (tertiary/aromatic N) is 5. The SMILES string of the molecule is O=C(c1ccc(F)c(F)c1)N1CCN(C(=O)c2cn3cccnc3n2)CC1. The molecule has 0 radical (unpaired) electrons. The zero-order chi connectivity index (χ0) is 19.0. The smallest absolute Gasteiger partial charge is 0.274 e. The van der Waals surface area contributed by atoms with Gasteiger partial charge in [-0.15, -0.1) is 0 Å². The number of rotatable bonds is 2. The zero-order valence-electron chi connectivity index (χ0n) is 14.2. The lowest BCUT2D eigenvalue weighted by molar-refractivity contribution is 0.0532. The van der Waals surface area contributed by atoms with Crippen molar-refractivity contribution in [2.75, 3.05) is 26.2 Å². The van der Waals surface area contributed by atoms with E-state index in [1.165, 1.54) is 11.0 Å². The number of imidazole rings is 1. The number of carbonyl (C=O) groups is 2. The van der Waals surface area contributed by atoms with Crippen molar-refractivity contribution in [3.63, 3.8) is 0 Å². The molecule has 1 aliphatic rings. The van der Waals surface area contributed by atoms with Gasteiger partial charge < -0.3 is 9.80 Å². The minimum Gasteiger partial charge on any atom is -0.335 e. The number of piperazine rings is 1. The molecule has 138 valence electrons. The van der Waals surface area contributed by atoms with E-state index in [0.29, 0.717) is 32.0 Å². The molecule has 2 aromatic heterocycles. The number of halogens is 2. The van der Waals surface area contributed by atoms with Crippen LogP contribution in [-0.2, 0) is 0 Å². The molecule has 7 nitrogen and oxygen atoms in total. The van der Waals surface area contributed by atoms with Crippen LogP contribution in [0.25, 0.3) is 5.78 Å². The van der Waals surface area contributed by atoms with Crippen molar-refractivity contribution < 1.29 is 18.4 Å². The molecule has 0 atom stereocenters. The van der Waals surface area contributed by atoms with E-state index in [9.17, 15) is 18.4 Å². The first-order chi connectivity index (χ1) is 13.0. The Morgan fingerprint density at radius 2 is 1.67 bits per heavy atom. The Morgan fingerprint density at radius 3 is 2.33 bits per heavy atom. The van der Waals surface area contributed by atoms with Gasteiger partial charge in [-0.05, 0) is 24.3 Å². The highest BCUT2D eigenvalue weighted by Crippen LogP contribution is 2.14. The maximum atomic E-state index is 13.3. The fourth-order valence-corrected chi connectivity index (χ4v) is 3.02. The number of benzene rings is 1. The summed E-state index contributed by atoms with van der Waals surface area (Å²) in [6, 6.07) is 4.81. The summed E-state index contributed by atoms with van der Waals surface area (Å²) in [7, 11) is 0. The van der Waals surface area contributed by atoms with Gasteiger partial charge in [0.05, 0.1) is 0 Å². The van der Waals surface area contributed by atoms with E-state index in [1.54, 1.807) is 34.0 Å². The predicted octanol–water partition coefficient (Wildman–Crippen LogP) is 1.61. The molecule has 0 saturated carbocycles. The molecule has 0 bridgehead atoms. The largest absolute Gasteiger partial charge is 0.335 e. The standard InChI is InChI=1S/C18H15F2N5O2/c19-13-3-2-12(10-14(13)20)16(26)23-6-8-24(9-7-23)17(27)15-11-25-5-1-4-21-18(25)22-15/h1-5,10-11H,6-9H2. The second kappa shape index (κ2) is 6.75. The monoisotopic (exact) mass is 371 g/mol. The highest BCUT2D eigenvalue weighted by atomic mass is 19.2. The van der Waals surface area contributed by atoms with E-state index in [4.69, 9.17) is 0 Å². The minimum absolute atomic E-state index is 0.0834. The summed E-state index contributed by atoms with van der Waals surface area (Å²) >= 11 is 0. The van der Waals surface area contributed by atoms with Crippen molar-refractivity contribution in [2.45, 2.75) is 0 Å². The van der Waals surface area contributed by atoms with Gasteiger partial charge in [0.2, 0.25) is 5.78 Å². The second-order valence-corrected chi connectivity index (χ2v) is 6.17. The van der Waals surface area contributed by atoms with Gasteiger partial charge in [0, 0.05) is 50.3 Å². The molecule has 27 heavy (non-hydrogen) atoms. The molecule has 0 N–H and O–H groups in total. The van der Waals surface area contributed by atoms with Crippen molar-refractivity contribution in [3.05, 3.63) is 65.7 Å². The molecular formula is C18H15F2N5O2. The number of hydrogen-bond donors (Lipinski definition) is 0. The first-order valence-corrected chi connectivity index (χ1v) is 8.36. The Hall–Kier alpha value is -3.36. The average Bonchev–Trinajstić information content (AvgIpc) is 3.13. The van der Waals surface area contributed by atoms with Crippen molar-refractivity contribution >= 4 is 17.6 Å². The Balaban J connectivity index is 1.42. The highest BCUT2D eigenvalue weighted by molar-refractivity contribution is 5.95. The summed E-state index contributed by atoms with van der Waals surface area (Å²) in [5.41, 5.74) is 0.370. The summed E-state index contributed by atoms with van der Waals surface area (Å²) < 4.78 is 28.0. The lowest BCUT2D eigenvalue weighted by atomic mass is 10.1. The van der Waals surface area contributed by atoms with E-state index < -0.39 is 17.5 Å². The summed E-state index contributed by atoms with van der Waals surface area (Å²) in [4.78, 5) is 36.5. The second-order valence-electron chi connectivity index (χ2n) is 6.17. The Bertz CT molecular complexity index is 995. The van der Waals surface area contributed by atoms with Crippen molar-refractivity contribution in [1.29, 1.82) is 0 Å². The third-order valence-electron chi connectivity index (χ3n) is 4.48. The van der Waals surface area contributed by atoms with Crippen LogP contribution in [0.15, 0.2) is 42.9 Å². The molecule has 1 fully saturated rings. The number of aromatic nitrogens is 3. The Kier molecular flexibility index (Phi) is 4.27. The van der Waals surface area contributed by atoms with Gasteiger partial charge in [0.25, 0.3) is 11.8 Å². The van der Waals surface area contributed by atoms with Gasteiger partial charge in [-0.3, -0.25) is 14.0 Å². The normalized spacial score (nSPS) is 14.6. The van der Waals surface area contributed by atoms with Gasteiger partial charge in [0.15, 0.2) is 11.6 Å². The highest BCUT2D eigenvalue weighted by Gasteiger charge is 2.27. The van der Waals surface area contributed by atoms with Crippen molar-refractivity contribution in [1.82, 2.24) is 24.2 Å². The lowest BCUT2D eigenvalue weighted by Crippen LogP contribution is -2.50. The molecule has 2 amide bonds. The summed E-state index contributed by atoms with van der Waals surface area (Å²) in [5.74, 6) is -2.25. The van der Waals surface area contributed by atoms with Crippen LogP contribution in [0.3, 0.4) is 0 Å². The summed E-state index contributed by atoms with van der Waals surface area (Å²) in [6.45, 7) is 1.26. The van der Waals surface area contributed by atoms with E-state index in [-0.39, 0.29) is 17.2 Å². The van der Waals surface area contributed by atoms with Gasteiger partial charge in [-0.25, -0.2) is 18.7 Å². The molecular weight excluding hydrogens is 356 g/mol. The van der Waals surface area contributed by atoms with E-state index >= 15 is 0 Å². The molecule has 0 spiro atoms. The number of hydrogen-bond acceptors (Lipinski definition) is 4.